The van der Waals surface area contributed by atoms with E-state index >= 15 is 0 Å². The lowest BCUT2D eigenvalue weighted by molar-refractivity contribution is 0.314. The van der Waals surface area contributed by atoms with Crippen LogP contribution in [0.5, 0.6) is 0 Å². The molecule has 3 heterocycles. The predicted molar refractivity (Wildman–Crippen MR) is 82.6 cm³/mol. The van der Waals surface area contributed by atoms with Crippen LogP contribution in [0.25, 0.3) is 11.3 Å². The van der Waals surface area contributed by atoms with Crippen molar-refractivity contribution in [2.24, 2.45) is 7.05 Å². The summed E-state index contributed by atoms with van der Waals surface area (Å²) in [5.74, 6) is 0.110. The largest absolute Gasteiger partial charge is 0.275 e. The predicted octanol–water partition coefficient (Wildman–Crippen LogP) is 1.02. The maximum atomic E-state index is 11.7. The first-order valence-electron chi connectivity index (χ1n) is 7.19. The second kappa shape index (κ2) is 5.77. The van der Waals surface area contributed by atoms with Crippen LogP contribution in [0, 0.1) is 0 Å². The number of piperidine rings is 1. The van der Waals surface area contributed by atoms with Crippen LogP contribution in [0.4, 0.5) is 0 Å². The van der Waals surface area contributed by atoms with Gasteiger partial charge in [-0.15, -0.1) is 0 Å². The first kappa shape index (κ1) is 15.1. The van der Waals surface area contributed by atoms with Crippen LogP contribution in [0.3, 0.4) is 0 Å². The number of aromatic nitrogens is 4. The van der Waals surface area contributed by atoms with Gasteiger partial charge in [-0.3, -0.25) is 14.6 Å². The Bertz CT molecular complexity index is 754. The Morgan fingerprint density at radius 2 is 2.05 bits per heavy atom. The Morgan fingerprint density at radius 3 is 2.64 bits per heavy atom. The average Bonchev–Trinajstić information content (AvgIpc) is 2.93. The van der Waals surface area contributed by atoms with Crippen molar-refractivity contribution in [2.45, 2.75) is 18.8 Å². The normalized spacial score (nSPS) is 20.2. The molecule has 0 N–H and O–H groups in total. The fourth-order valence-corrected chi connectivity index (χ4v) is 3.65. The van der Waals surface area contributed by atoms with Crippen molar-refractivity contribution >= 4 is 10.0 Å². The molecule has 2 aromatic heterocycles. The molecule has 0 aromatic carbocycles. The molecule has 1 aliphatic rings. The molecular weight excluding hydrogens is 302 g/mol. The van der Waals surface area contributed by atoms with Gasteiger partial charge in [-0.2, -0.15) is 5.10 Å². The minimum absolute atomic E-state index is 0.110. The van der Waals surface area contributed by atoms with Gasteiger partial charge in [0.25, 0.3) is 0 Å². The summed E-state index contributed by atoms with van der Waals surface area (Å²) in [7, 11) is -1.29. The Kier molecular flexibility index (Phi) is 3.96. The van der Waals surface area contributed by atoms with Gasteiger partial charge in [-0.05, 0) is 12.8 Å². The zero-order chi connectivity index (χ0) is 15.7. The van der Waals surface area contributed by atoms with Crippen LogP contribution in [-0.2, 0) is 17.1 Å². The molecule has 1 unspecified atom stereocenters. The number of aryl methyl sites for hydroxylation is 1. The molecule has 118 valence electrons. The minimum atomic E-state index is -3.14. The lowest BCUT2D eigenvalue weighted by atomic mass is 9.96. The van der Waals surface area contributed by atoms with Gasteiger partial charge >= 0.3 is 0 Å². The maximum absolute atomic E-state index is 11.7. The molecule has 0 radical (unpaired) electrons. The highest BCUT2D eigenvalue weighted by Crippen LogP contribution is 2.27. The maximum Gasteiger partial charge on any atom is 0.211 e. The fraction of sp³-hybridized carbons (Fsp3) is 0.500. The van der Waals surface area contributed by atoms with Crippen molar-refractivity contribution in [1.82, 2.24) is 24.1 Å². The van der Waals surface area contributed by atoms with Gasteiger partial charge in [0, 0.05) is 44.0 Å². The Hall–Kier alpha value is -1.80. The van der Waals surface area contributed by atoms with Gasteiger partial charge in [0.2, 0.25) is 10.0 Å². The molecule has 0 amide bonds. The smallest absolute Gasteiger partial charge is 0.211 e. The van der Waals surface area contributed by atoms with Crippen LogP contribution in [0.2, 0.25) is 0 Å². The van der Waals surface area contributed by atoms with E-state index in [9.17, 15) is 8.42 Å². The van der Waals surface area contributed by atoms with E-state index in [1.165, 1.54) is 10.6 Å². The van der Waals surface area contributed by atoms with E-state index in [1.54, 1.807) is 23.3 Å². The van der Waals surface area contributed by atoms with Crippen LogP contribution < -0.4 is 0 Å². The Morgan fingerprint density at radius 1 is 1.23 bits per heavy atom. The molecule has 0 bridgehead atoms. The number of nitrogens with zero attached hydrogens (tertiary/aromatic N) is 5. The zero-order valence-electron chi connectivity index (χ0n) is 12.7. The van der Waals surface area contributed by atoms with Crippen molar-refractivity contribution < 1.29 is 8.42 Å². The molecule has 3 rings (SSSR count). The summed E-state index contributed by atoms with van der Waals surface area (Å²) in [6, 6.07) is 0. The van der Waals surface area contributed by atoms with Crippen molar-refractivity contribution in [3.63, 3.8) is 0 Å². The van der Waals surface area contributed by atoms with Crippen LogP contribution in [-0.4, -0.2) is 51.8 Å². The monoisotopic (exact) mass is 321 g/mol. The lowest BCUT2D eigenvalue weighted by Crippen LogP contribution is -2.38. The van der Waals surface area contributed by atoms with Gasteiger partial charge in [0.1, 0.15) is 0 Å². The summed E-state index contributed by atoms with van der Waals surface area (Å²) < 4.78 is 26.6. The Balaban J connectivity index is 1.78. The van der Waals surface area contributed by atoms with E-state index in [-0.39, 0.29) is 5.92 Å². The number of hydrogen-bond acceptors (Lipinski definition) is 5. The molecule has 8 heteroatoms. The van der Waals surface area contributed by atoms with Gasteiger partial charge in [0.05, 0.1) is 30.0 Å². The molecule has 0 saturated carbocycles. The summed E-state index contributed by atoms with van der Waals surface area (Å²) in [5.41, 5.74) is 2.54. The summed E-state index contributed by atoms with van der Waals surface area (Å²) in [6.07, 6.45) is 10.2. The molecule has 1 aliphatic heterocycles. The van der Waals surface area contributed by atoms with Crippen molar-refractivity contribution in [2.75, 3.05) is 19.3 Å². The summed E-state index contributed by atoms with van der Waals surface area (Å²) in [5, 5.41) is 4.12. The van der Waals surface area contributed by atoms with Gasteiger partial charge in [-0.25, -0.2) is 12.7 Å². The highest BCUT2D eigenvalue weighted by molar-refractivity contribution is 7.88. The molecule has 1 saturated heterocycles. The number of sulfonamides is 1. The molecule has 22 heavy (non-hydrogen) atoms. The molecular formula is C14H19N5O2S. The Labute approximate surface area is 130 Å². The first-order valence-corrected chi connectivity index (χ1v) is 9.04. The van der Waals surface area contributed by atoms with Crippen LogP contribution in [0.1, 0.15) is 24.5 Å². The summed E-state index contributed by atoms with van der Waals surface area (Å²) in [4.78, 5) is 8.92. The third-order valence-electron chi connectivity index (χ3n) is 3.94. The van der Waals surface area contributed by atoms with Crippen molar-refractivity contribution in [3.05, 3.63) is 30.5 Å². The fourth-order valence-electron chi connectivity index (χ4n) is 2.74. The van der Waals surface area contributed by atoms with Gasteiger partial charge in [-0.1, -0.05) is 0 Å². The molecule has 2 aromatic rings. The second-order valence-electron chi connectivity index (χ2n) is 5.69. The third-order valence-corrected chi connectivity index (χ3v) is 5.21. The highest BCUT2D eigenvalue weighted by atomic mass is 32.2. The highest BCUT2D eigenvalue weighted by Gasteiger charge is 2.27. The third kappa shape index (κ3) is 3.17. The summed E-state index contributed by atoms with van der Waals surface area (Å²) >= 11 is 0. The van der Waals surface area contributed by atoms with Crippen molar-refractivity contribution in [1.29, 1.82) is 0 Å². The SMILES string of the molecule is Cn1cc(-c2cnc(C3CCCN(S(C)(=O)=O)C3)cn2)cn1. The van der Waals surface area contributed by atoms with Crippen molar-refractivity contribution in [3.8, 4) is 11.3 Å². The quantitative estimate of drug-likeness (QED) is 0.843. The average molecular weight is 321 g/mol. The molecule has 1 atom stereocenters. The number of rotatable bonds is 3. The molecule has 0 spiro atoms. The number of hydrogen-bond donors (Lipinski definition) is 0. The van der Waals surface area contributed by atoms with Crippen LogP contribution >= 0.6 is 0 Å². The van der Waals surface area contributed by atoms with E-state index < -0.39 is 10.0 Å². The topological polar surface area (TPSA) is 81.0 Å². The molecule has 0 aliphatic carbocycles. The van der Waals surface area contributed by atoms with E-state index in [2.05, 4.69) is 15.1 Å². The first-order chi connectivity index (χ1) is 10.4. The lowest BCUT2D eigenvalue weighted by Gasteiger charge is -2.30. The molecule has 7 nitrogen and oxygen atoms in total. The standard InChI is InChI=1S/C14H19N5O2S/c1-18-9-12(6-17-18)14-8-15-13(7-16-14)11-4-3-5-19(10-11)22(2,20)21/h6-9,11H,3-5,10H2,1-2H3. The van der Waals surface area contributed by atoms with E-state index in [4.69, 9.17) is 0 Å². The van der Waals surface area contributed by atoms with E-state index in [0.717, 1.165) is 29.8 Å². The summed E-state index contributed by atoms with van der Waals surface area (Å²) in [6.45, 7) is 1.08. The van der Waals surface area contributed by atoms with Crippen LogP contribution in [0.15, 0.2) is 24.8 Å². The van der Waals surface area contributed by atoms with E-state index in [0.29, 0.717) is 13.1 Å². The zero-order valence-corrected chi connectivity index (χ0v) is 13.5. The second-order valence-corrected chi connectivity index (χ2v) is 7.67. The minimum Gasteiger partial charge on any atom is -0.275 e. The molecule has 1 fully saturated rings. The van der Waals surface area contributed by atoms with Gasteiger partial charge in [0.15, 0.2) is 0 Å². The van der Waals surface area contributed by atoms with Gasteiger partial charge < -0.3 is 0 Å². The van der Waals surface area contributed by atoms with E-state index in [1.807, 2.05) is 13.2 Å².